The fraction of sp³-hybridized carbons (Fsp3) is 0.333. The Morgan fingerprint density at radius 3 is 2.06 bits per heavy atom. The summed E-state index contributed by atoms with van der Waals surface area (Å²) in [4.78, 5) is 12.4. The molecule has 31 heavy (non-hydrogen) atoms. The second kappa shape index (κ2) is 10.2. The average Bonchev–Trinajstić information content (AvgIpc) is 2.71. The molecule has 0 fully saturated rings. The van der Waals surface area contributed by atoms with Crippen molar-refractivity contribution in [1.29, 1.82) is 0 Å². The summed E-state index contributed by atoms with van der Waals surface area (Å²) in [6, 6.07) is 8.74. The molecule has 0 radical (unpaired) electrons. The van der Waals surface area contributed by atoms with Gasteiger partial charge < -0.3 is 14.2 Å². The molecule has 0 aliphatic carbocycles. The number of hydrazone groups is 1. The van der Waals surface area contributed by atoms with Crippen molar-refractivity contribution in [3.05, 3.63) is 47.0 Å². The summed E-state index contributed by atoms with van der Waals surface area (Å²) in [5.74, 6) is 0.723. The molecule has 2 rings (SSSR count). The highest BCUT2D eigenvalue weighted by Crippen LogP contribution is 2.37. The first-order valence-electron chi connectivity index (χ1n) is 9.28. The molecule has 2 aromatic carbocycles. The van der Waals surface area contributed by atoms with E-state index in [4.69, 9.17) is 14.2 Å². The van der Waals surface area contributed by atoms with Crippen LogP contribution in [-0.2, 0) is 14.8 Å². The maximum absolute atomic E-state index is 12.4. The molecule has 0 unspecified atom stereocenters. The number of anilines is 1. The molecular weight excluding hydrogens is 422 g/mol. The summed E-state index contributed by atoms with van der Waals surface area (Å²) in [5.41, 5.74) is 4.92. The van der Waals surface area contributed by atoms with E-state index in [-0.39, 0.29) is 0 Å². The van der Waals surface area contributed by atoms with E-state index >= 15 is 0 Å². The molecule has 0 aromatic heterocycles. The first-order chi connectivity index (χ1) is 14.6. The minimum atomic E-state index is -3.69. The number of hydrogen-bond acceptors (Lipinski definition) is 7. The molecular formula is C21H27N3O6S. The lowest BCUT2D eigenvalue weighted by Crippen LogP contribution is -2.39. The summed E-state index contributed by atoms with van der Waals surface area (Å²) in [7, 11) is 0.798. The first-order valence-corrected chi connectivity index (χ1v) is 11.1. The third kappa shape index (κ3) is 5.88. The van der Waals surface area contributed by atoms with Crippen LogP contribution in [0.5, 0.6) is 17.2 Å². The third-order valence-electron chi connectivity index (χ3n) is 4.47. The van der Waals surface area contributed by atoms with E-state index in [1.807, 2.05) is 6.07 Å². The van der Waals surface area contributed by atoms with Crippen molar-refractivity contribution < 1.29 is 27.4 Å². The van der Waals surface area contributed by atoms with E-state index in [1.54, 1.807) is 38.1 Å². The van der Waals surface area contributed by atoms with E-state index in [9.17, 15) is 13.2 Å². The Morgan fingerprint density at radius 2 is 1.61 bits per heavy atom. The molecule has 0 atom stereocenters. The Balaban J connectivity index is 2.21. The van der Waals surface area contributed by atoms with E-state index in [1.165, 1.54) is 27.5 Å². The Hall–Kier alpha value is -3.27. The van der Waals surface area contributed by atoms with Crippen LogP contribution in [-0.4, -0.2) is 54.7 Å². The zero-order valence-electron chi connectivity index (χ0n) is 18.4. The molecule has 0 spiro atoms. The van der Waals surface area contributed by atoms with Gasteiger partial charge in [0.2, 0.25) is 15.8 Å². The van der Waals surface area contributed by atoms with E-state index in [0.717, 1.165) is 21.7 Å². The predicted octanol–water partition coefficient (Wildman–Crippen LogP) is 2.25. The van der Waals surface area contributed by atoms with Crippen LogP contribution in [0.15, 0.2) is 35.4 Å². The van der Waals surface area contributed by atoms with Crippen LogP contribution in [0.4, 0.5) is 5.69 Å². The molecule has 2 aromatic rings. The van der Waals surface area contributed by atoms with Crippen molar-refractivity contribution in [2.45, 2.75) is 13.8 Å². The number of ether oxygens (including phenoxy) is 3. The van der Waals surface area contributed by atoms with Gasteiger partial charge in [-0.2, -0.15) is 5.10 Å². The second-order valence-corrected chi connectivity index (χ2v) is 8.67. The lowest BCUT2D eigenvalue weighted by atomic mass is 10.1. The monoisotopic (exact) mass is 449 g/mol. The number of carbonyl (C=O) groups is 1. The van der Waals surface area contributed by atoms with E-state index < -0.39 is 22.5 Å². The number of nitrogens with one attached hydrogen (secondary N) is 1. The van der Waals surface area contributed by atoms with Gasteiger partial charge in [0, 0.05) is 5.56 Å². The van der Waals surface area contributed by atoms with Gasteiger partial charge in [-0.05, 0) is 37.1 Å². The summed E-state index contributed by atoms with van der Waals surface area (Å²) in [5, 5.41) is 3.92. The summed E-state index contributed by atoms with van der Waals surface area (Å²) >= 11 is 0. The van der Waals surface area contributed by atoms with E-state index in [0.29, 0.717) is 28.5 Å². The van der Waals surface area contributed by atoms with Crippen LogP contribution in [0.1, 0.15) is 16.7 Å². The number of amides is 1. The largest absolute Gasteiger partial charge is 0.493 e. The second-order valence-electron chi connectivity index (χ2n) is 6.76. The number of para-hydroxylation sites is 1. The number of sulfonamides is 1. The number of carbonyl (C=O) groups excluding carboxylic acids is 1. The van der Waals surface area contributed by atoms with Crippen molar-refractivity contribution >= 4 is 27.8 Å². The minimum Gasteiger partial charge on any atom is -0.493 e. The standard InChI is InChI=1S/C21H27N3O6S/c1-14-8-7-9-15(2)20(14)24(31(6,26)27)13-19(25)23-22-12-16-10-17(28-3)21(30-5)18(11-16)29-4/h7-12H,13H2,1-6H3,(H,23,25)/b22-12-. The molecule has 0 saturated heterocycles. The van der Waals surface area contributed by atoms with Gasteiger partial charge in [-0.15, -0.1) is 0 Å². The summed E-state index contributed by atoms with van der Waals surface area (Å²) < 4.78 is 41.6. The van der Waals surface area contributed by atoms with Gasteiger partial charge in [0.05, 0.1) is 39.5 Å². The minimum absolute atomic E-state index is 0.406. The molecule has 0 aliphatic heterocycles. The van der Waals surface area contributed by atoms with Crippen LogP contribution in [0, 0.1) is 13.8 Å². The van der Waals surface area contributed by atoms with Crippen LogP contribution < -0.4 is 23.9 Å². The fourth-order valence-electron chi connectivity index (χ4n) is 3.08. The number of aryl methyl sites for hydroxylation is 2. The maximum Gasteiger partial charge on any atom is 0.260 e. The van der Waals surface area contributed by atoms with Crippen LogP contribution >= 0.6 is 0 Å². The van der Waals surface area contributed by atoms with Crippen molar-refractivity contribution in [3.8, 4) is 17.2 Å². The van der Waals surface area contributed by atoms with Gasteiger partial charge in [0.25, 0.3) is 5.91 Å². The van der Waals surface area contributed by atoms with Crippen molar-refractivity contribution in [3.63, 3.8) is 0 Å². The highest BCUT2D eigenvalue weighted by molar-refractivity contribution is 7.92. The molecule has 0 aliphatic rings. The summed E-state index contributed by atoms with van der Waals surface area (Å²) in [6.45, 7) is 3.18. The Morgan fingerprint density at radius 1 is 1.06 bits per heavy atom. The highest BCUT2D eigenvalue weighted by Gasteiger charge is 2.23. The topological polar surface area (TPSA) is 107 Å². The van der Waals surface area contributed by atoms with Crippen molar-refractivity contribution in [2.24, 2.45) is 5.10 Å². The number of rotatable bonds is 9. The highest BCUT2D eigenvalue weighted by atomic mass is 32.2. The van der Waals surface area contributed by atoms with Crippen LogP contribution in [0.3, 0.4) is 0 Å². The number of hydrogen-bond donors (Lipinski definition) is 1. The summed E-state index contributed by atoms with van der Waals surface area (Å²) in [6.07, 6.45) is 2.46. The molecule has 10 heteroatoms. The number of methoxy groups -OCH3 is 3. The lowest BCUT2D eigenvalue weighted by molar-refractivity contribution is -0.119. The quantitative estimate of drug-likeness (QED) is 0.465. The zero-order valence-corrected chi connectivity index (χ0v) is 19.2. The number of nitrogens with zero attached hydrogens (tertiary/aromatic N) is 2. The third-order valence-corrected chi connectivity index (χ3v) is 5.58. The van der Waals surface area contributed by atoms with Gasteiger partial charge in [0.1, 0.15) is 6.54 Å². The first kappa shape index (κ1) is 24.0. The smallest absolute Gasteiger partial charge is 0.260 e. The van der Waals surface area contributed by atoms with Gasteiger partial charge in [-0.3, -0.25) is 9.10 Å². The Labute approximate surface area is 182 Å². The van der Waals surface area contributed by atoms with Gasteiger partial charge in [-0.1, -0.05) is 18.2 Å². The van der Waals surface area contributed by atoms with Gasteiger partial charge in [0.15, 0.2) is 11.5 Å². The van der Waals surface area contributed by atoms with Crippen LogP contribution in [0.25, 0.3) is 0 Å². The SMILES string of the molecule is COc1cc(/C=N\NC(=O)CN(c2c(C)cccc2C)S(C)(=O)=O)cc(OC)c1OC. The molecule has 1 N–H and O–H groups in total. The average molecular weight is 450 g/mol. The fourth-order valence-corrected chi connectivity index (χ4v) is 4.05. The Bertz CT molecular complexity index is 1040. The van der Waals surface area contributed by atoms with E-state index in [2.05, 4.69) is 10.5 Å². The molecule has 1 amide bonds. The molecule has 168 valence electrons. The van der Waals surface area contributed by atoms with Gasteiger partial charge in [-0.25, -0.2) is 13.8 Å². The van der Waals surface area contributed by atoms with Crippen molar-refractivity contribution in [1.82, 2.24) is 5.43 Å². The predicted molar refractivity (Wildman–Crippen MR) is 120 cm³/mol. The molecule has 0 bridgehead atoms. The van der Waals surface area contributed by atoms with Crippen molar-refractivity contribution in [2.75, 3.05) is 38.4 Å². The molecule has 0 saturated carbocycles. The lowest BCUT2D eigenvalue weighted by Gasteiger charge is -2.25. The zero-order chi connectivity index (χ0) is 23.2. The Kier molecular flexibility index (Phi) is 7.87. The molecule has 9 nitrogen and oxygen atoms in total. The van der Waals surface area contributed by atoms with Gasteiger partial charge >= 0.3 is 0 Å². The number of benzene rings is 2. The molecule has 0 heterocycles. The normalized spacial score (nSPS) is 11.3. The van der Waals surface area contributed by atoms with Crippen LogP contribution in [0.2, 0.25) is 0 Å². The maximum atomic E-state index is 12.4.